The molecule has 1 aromatic carbocycles. The van der Waals surface area contributed by atoms with Gasteiger partial charge in [0.15, 0.2) is 0 Å². The van der Waals surface area contributed by atoms with Crippen molar-refractivity contribution in [2.45, 2.75) is 40.2 Å². The van der Waals surface area contributed by atoms with Crippen molar-refractivity contribution >= 4 is 11.3 Å². The molecule has 1 aromatic heterocycles. The Morgan fingerprint density at radius 2 is 1.90 bits per heavy atom. The first-order valence-electron chi connectivity index (χ1n) is 7.34. The van der Waals surface area contributed by atoms with Crippen LogP contribution in [0.1, 0.15) is 48.6 Å². The predicted octanol–water partition coefficient (Wildman–Crippen LogP) is 4.35. The largest absolute Gasteiger partial charge is 0.305 e. The van der Waals surface area contributed by atoms with Gasteiger partial charge in [0.2, 0.25) is 0 Å². The van der Waals surface area contributed by atoms with E-state index < -0.39 is 0 Å². The van der Waals surface area contributed by atoms with Crippen LogP contribution in [-0.2, 0) is 6.42 Å². The lowest BCUT2D eigenvalue weighted by atomic mass is 9.99. The molecule has 108 valence electrons. The van der Waals surface area contributed by atoms with Gasteiger partial charge in [0.1, 0.15) is 5.01 Å². The highest BCUT2D eigenvalue weighted by Gasteiger charge is 2.16. The van der Waals surface area contributed by atoms with E-state index in [0.29, 0.717) is 5.92 Å². The van der Waals surface area contributed by atoms with Crippen LogP contribution < -0.4 is 5.32 Å². The van der Waals surface area contributed by atoms with E-state index in [0.717, 1.165) is 23.7 Å². The molecular formula is C17H24N2S. The summed E-state index contributed by atoms with van der Waals surface area (Å²) in [5.74, 6) is 0.701. The van der Waals surface area contributed by atoms with Crippen molar-refractivity contribution in [1.82, 2.24) is 10.3 Å². The number of benzene rings is 1. The molecule has 1 heterocycles. The summed E-state index contributed by atoms with van der Waals surface area (Å²) in [4.78, 5) is 4.63. The van der Waals surface area contributed by atoms with Crippen LogP contribution in [0.5, 0.6) is 0 Å². The Kier molecular flexibility index (Phi) is 5.32. The van der Waals surface area contributed by atoms with Crippen LogP contribution in [0.4, 0.5) is 0 Å². The molecule has 1 atom stereocenters. The number of thiazole rings is 1. The minimum Gasteiger partial charge on any atom is -0.305 e. The third kappa shape index (κ3) is 3.90. The molecule has 3 heteroatoms. The van der Waals surface area contributed by atoms with Gasteiger partial charge in [-0.05, 0) is 36.9 Å². The van der Waals surface area contributed by atoms with Gasteiger partial charge in [-0.1, -0.05) is 45.0 Å². The molecule has 1 N–H and O–H groups in total. The lowest BCUT2D eigenvalue weighted by molar-refractivity contribution is 0.623. The maximum atomic E-state index is 4.63. The third-order valence-corrected chi connectivity index (χ3v) is 4.28. The fourth-order valence-corrected chi connectivity index (χ4v) is 3.27. The average molecular weight is 288 g/mol. The Hall–Kier alpha value is -1.19. The number of nitrogens with zero attached hydrogens (tertiary/aromatic N) is 1. The van der Waals surface area contributed by atoms with E-state index in [-0.39, 0.29) is 6.04 Å². The van der Waals surface area contributed by atoms with Crippen LogP contribution in [-0.4, -0.2) is 11.5 Å². The molecule has 0 aliphatic heterocycles. The number of rotatable bonds is 6. The predicted molar refractivity (Wildman–Crippen MR) is 87.4 cm³/mol. The summed E-state index contributed by atoms with van der Waals surface area (Å²) in [6.07, 6.45) is 1.14. The highest BCUT2D eigenvalue weighted by Crippen LogP contribution is 2.25. The van der Waals surface area contributed by atoms with Gasteiger partial charge in [0.25, 0.3) is 0 Å². The Labute approximate surface area is 126 Å². The Balaban J connectivity index is 2.21. The molecule has 0 radical (unpaired) electrons. The molecule has 0 bridgehead atoms. The molecule has 2 rings (SSSR count). The van der Waals surface area contributed by atoms with E-state index in [4.69, 9.17) is 0 Å². The van der Waals surface area contributed by atoms with Gasteiger partial charge in [-0.25, -0.2) is 4.98 Å². The van der Waals surface area contributed by atoms with Crippen molar-refractivity contribution in [2.75, 3.05) is 6.54 Å². The molecule has 0 aliphatic rings. The molecule has 2 nitrogen and oxygen atoms in total. The second kappa shape index (κ2) is 7.00. The Morgan fingerprint density at radius 1 is 1.20 bits per heavy atom. The first-order chi connectivity index (χ1) is 9.60. The van der Waals surface area contributed by atoms with E-state index in [1.165, 1.54) is 11.1 Å². The monoisotopic (exact) mass is 288 g/mol. The summed E-state index contributed by atoms with van der Waals surface area (Å²) in [6.45, 7) is 9.65. The van der Waals surface area contributed by atoms with Gasteiger partial charge in [0.05, 0.1) is 6.04 Å². The topological polar surface area (TPSA) is 24.9 Å². The fraction of sp³-hybridized carbons (Fsp3) is 0.471. The summed E-state index contributed by atoms with van der Waals surface area (Å²) in [5.41, 5.74) is 3.81. The zero-order chi connectivity index (χ0) is 14.5. The standard InChI is InChI=1S/C17H24N2S/c1-5-18-16(17-19-13(4)11-20-17)15-8-6-14(7-9-15)10-12(2)3/h6-9,11-12,16,18H,5,10H2,1-4H3. The summed E-state index contributed by atoms with van der Waals surface area (Å²) in [5, 5.41) is 6.81. The van der Waals surface area contributed by atoms with Crippen LogP contribution in [0, 0.1) is 12.8 Å². The molecule has 0 saturated heterocycles. The average Bonchev–Trinajstić information content (AvgIpc) is 2.83. The molecule has 2 aromatic rings. The van der Waals surface area contributed by atoms with E-state index in [2.05, 4.69) is 67.6 Å². The highest BCUT2D eigenvalue weighted by molar-refractivity contribution is 7.09. The molecule has 0 fully saturated rings. The van der Waals surface area contributed by atoms with E-state index in [1.54, 1.807) is 11.3 Å². The number of aryl methyl sites for hydroxylation is 1. The molecule has 0 aliphatic carbocycles. The van der Waals surface area contributed by atoms with Gasteiger partial charge in [-0.2, -0.15) is 0 Å². The van der Waals surface area contributed by atoms with Crippen LogP contribution in [0.25, 0.3) is 0 Å². The minimum absolute atomic E-state index is 0.215. The molecule has 20 heavy (non-hydrogen) atoms. The number of hydrogen-bond donors (Lipinski definition) is 1. The molecule has 0 saturated carbocycles. The van der Waals surface area contributed by atoms with Crippen molar-refractivity contribution in [3.63, 3.8) is 0 Å². The minimum atomic E-state index is 0.215. The maximum absolute atomic E-state index is 4.63. The van der Waals surface area contributed by atoms with E-state index in [1.807, 2.05) is 0 Å². The van der Waals surface area contributed by atoms with Crippen LogP contribution in [0.3, 0.4) is 0 Å². The second-order valence-corrected chi connectivity index (χ2v) is 6.55. The normalized spacial score (nSPS) is 12.8. The smallest absolute Gasteiger partial charge is 0.114 e. The van der Waals surface area contributed by atoms with Crippen LogP contribution in [0.15, 0.2) is 29.6 Å². The van der Waals surface area contributed by atoms with Gasteiger partial charge in [-0.3, -0.25) is 0 Å². The van der Waals surface area contributed by atoms with Gasteiger partial charge >= 0.3 is 0 Å². The summed E-state index contributed by atoms with van der Waals surface area (Å²) < 4.78 is 0. The van der Waals surface area contributed by atoms with E-state index >= 15 is 0 Å². The SMILES string of the molecule is CCNC(c1ccc(CC(C)C)cc1)c1nc(C)cs1. The van der Waals surface area contributed by atoms with Gasteiger partial charge in [0, 0.05) is 11.1 Å². The zero-order valence-corrected chi connectivity index (χ0v) is 13.6. The number of nitrogens with one attached hydrogen (secondary N) is 1. The fourth-order valence-electron chi connectivity index (χ4n) is 2.37. The zero-order valence-electron chi connectivity index (χ0n) is 12.8. The van der Waals surface area contributed by atoms with Crippen molar-refractivity contribution in [3.8, 4) is 0 Å². The maximum Gasteiger partial charge on any atom is 0.114 e. The molecule has 0 amide bonds. The molecule has 1 unspecified atom stereocenters. The first kappa shape index (κ1) is 15.2. The number of aromatic nitrogens is 1. The van der Waals surface area contributed by atoms with Crippen molar-refractivity contribution in [3.05, 3.63) is 51.5 Å². The van der Waals surface area contributed by atoms with Gasteiger partial charge < -0.3 is 5.32 Å². The Morgan fingerprint density at radius 3 is 2.40 bits per heavy atom. The van der Waals surface area contributed by atoms with Crippen LogP contribution in [0.2, 0.25) is 0 Å². The summed E-state index contributed by atoms with van der Waals surface area (Å²) >= 11 is 1.73. The van der Waals surface area contributed by atoms with E-state index in [9.17, 15) is 0 Å². The summed E-state index contributed by atoms with van der Waals surface area (Å²) in [7, 11) is 0. The van der Waals surface area contributed by atoms with Crippen molar-refractivity contribution in [1.29, 1.82) is 0 Å². The lowest BCUT2D eigenvalue weighted by Crippen LogP contribution is -2.21. The quantitative estimate of drug-likeness (QED) is 0.855. The van der Waals surface area contributed by atoms with Crippen molar-refractivity contribution in [2.24, 2.45) is 5.92 Å². The summed E-state index contributed by atoms with van der Waals surface area (Å²) in [6, 6.07) is 9.19. The third-order valence-electron chi connectivity index (χ3n) is 3.25. The van der Waals surface area contributed by atoms with Crippen LogP contribution >= 0.6 is 11.3 Å². The van der Waals surface area contributed by atoms with Gasteiger partial charge in [-0.15, -0.1) is 11.3 Å². The molecular weight excluding hydrogens is 264 g/mol. The van der Waals surface area contributed by atoms with Crippen molar-refractivity contribution < 1.29 is 0 Å². The first-order valence-corrected chi connectivity index (χ1v) is 8.22. The Bertz CT molecular complexity index is 528. The lowest BCUT2D eigenvalue weighted by Gasteiger charge is -2.16. The number of hydrogen-bond acceptors (Lipinski definition) is 3. The second-order valence-electron chi connectivity index (χ2n) is 5.66. The highest BCUT2D eigenvalue weighted by atomic mass is 32.1. The molecule has 0 spiro atoms.